The molecule has 0 aromatic carbocycles. The lowest BCUT2D eigenvalue weighted by Gasteiger charge is -2.20. The Morgan fingerprint density at radius 3 is 2.75 bits per heavy atom. The molecule has 3 heteroatoms. The predicted molar refractivity (Wildman–Crippen MR) is 36.3 cm³/mol. The summed E-state index contributed by atoms with van der Waals surface area (Å²) in [4.78, 5) is 10.5. The van der Waals surface area contributed by atoms with Crippen LogP contribution in [0.2, 0.25) is 0 Å². The molecule has 8 heavy (non-hydrogen) atoms. The Morgan fingerprint density at radius 2 is 2.62 bits per heavy atom. The van der Waals surface area contributed by atoms with Crippen LogP contribution in [0.3, 0.4) is 0 Å². The molecule has 0 bridgehead atoms. The first-order valence-electron chi connectivity index (χ1n) is 2.57. The summed E-state index contributed by atoms with van der Waals surface area (Å²) < 4.78 is 0. The van der Waals surface area contributed by atoms with E-state index in [9.17, 15) is 4.79 Å². The summed E-state index contributed by atoms with van der Waals surface area (Å²) in [5.74, 6) is 1.90. The van der Waals surface area contributed by atoms with E-state index in [0.29, 0.717) is 11.0 Å². The molecule has 0 N–H and O–H groups in total. The number of carbonyl (C=O) groups excluding carboxylic acids is 1. The number of halogens is 1. The van der Waals surface area contributed by atoms with Crippen LogP contribution in [0.4, 0.5) is 0 Å². The zero-order chi connectivity index (χ0) is 5.98. The summed E-state index contributed by atoms with van der Waals surface area (Å²) in [7, 11) is 0. The molecule has 0 aliphatic carbocycles. The van der Waals surface area contributed by atoms with Gasteiger partial charge in [-0.3, -0.25) is 4.79 Å². The summed E-state index contributed by atoms with van der Waals surface area (Å²) in [5, 5.41) is 0.325. The van der Waals surface area contributed by atoms with Crippen molar-refractivity contribution in [2.45, 2.75) is 6.42 Å². The SMILES string of the molecule is O=C1SCC1CCCl. The predicted octanol–water partition coefficient (Wildman–Crippen LogP) is 1.50. The molecule has 1 rings (SSSR count). The maximum Gasteiger partial charge on any atom is 0.192 e. The van der Waals surface area contributed by atoms with Crippen molar-refractivity contribution in [3.63, 3.8) is 0 Å². The van der Waals surface area contributed by atoms with Crippen LogP contribution in [0.5, 0.6) is 0 Å². The molecule has 0 saturated carbocycles. The van der Waals surface area contributed by atoms with Crippen molar-refractivity contribution in [3.05, 3.63) is 0 Å². The quantitative estimate of drug-likeness (QED) is 0.555. The van der Waals surface area contributed by atoms with Gasteiger partial charge in [0.2, 0.25) is 0 Å². The lowest BCUT2D eigenvalue weighted by molar-refractivity contribution is -0.115. The van der Waals surface area contributed by atoms with Crippen LogP contribution in [-0.4, -0.2) is 16.7 Å². The van der Waals surface area contributed by atoms with E-state index in [4.69, 9.17) is 11.6 Å². The molecule has 1 aliphatic heterocycles. The van der Waals surface area contributed by atoms with Gasteiger partial charge in [-0.15, -0.1) is 11.6 Å². The van der Waals surface area contributed by atoms with E-state index in [-0.39, 0.29) is 5.92 Å². The van der Waals surface area contributed by atoms with Gasteiger partial charge in [-0.25, -0.2) is 0 Å². The number of rotatable bonds is 2. The highest BCUT2D eigenvalue weighted by Crippen LogP contribution is 2.29. The van der Waals surface area contributed by atoms with Crippen LogP contribution in [0.15, 0.2) is 0 Å². The van der Waals surface area contributed by atoms with Gasteiger partial charge in [0.05, 0.1) is 0 Å². The Hall–Kier alpha value is 0.310. The molecule has 1 unspecified atom stereocenters. The molecule has 0 aromatic rings. The first kappa shape index (κ1) is 6.43. The highest BCUT2D eigenvalue weighted by Gasteiger charge is 2.27. The average Bonchev–Trinajstić information content (AvgIpc) is 1.79. The zero-order valence-electron chi connectivity index (χ0n) is 4.39. The van der Waals surface area contributed by atoms with Gasteiger partial charge in [0, 0.05) is 17.6 Å². The van der Waals surface area contributed by atoms with Crippen LogP contribution in [0, 0.1) is 5.92 Å². The van der Waals surface area contributed by atoms with Crippen LogP contribution in [0.1, 0.15) is 6.42 Å². The first-order chi connectivity index (χ1) is 3.84. The van der Waals surface area contributed by atoms with Crippen LogP contribution in [0.25, 0.3) is 0 Å². The van der Waals surface area contributed by atoms with Crippen molar-refractivity contribution < 1.29 is 4.79 Å². The molecule has 1 heterocycles. The summed E-state index contributed by atoms with van der Waals surface area (Å²) in [6.45, 7) is 0. The van der Waals surface area contributed by atoms with E-state index in [1.165, 1.54) is 11.8 Å². The van der Waals surface area contributed by atoms with Crippen molar-refractivity contribution in [1.29, 1.82) is 0 Å². The van der Waals surface area contributed by atoms with Gasteiger partial charge in [-0.1, -0.05) is 11.8 Å². The largest absolute Gasteiger partial charge is 0.287 e. The maximum atomic E-state index is 10.5. The second-order valence-corrected chi connectivity index (χ2v) is 3.21. The highest BCUT2D eigenvalue weighted by atomic mass is 35.5. The minimum atomic E-state index is 0.289. The third-order valence-corrected chi connectivity index (χ3v) is 2.62. The second kappa shape index (κ2) is 2.74. The molecule has 1 fully saturated rings. The molecule has 46 valence electrons. The normalized spacial score (nSPS) is 27.6. The Morgan fingerprint density at radius 1 is 1.88 bits per heavy atom. The van der Waals surface area contributed by atoms with E-state index < -0.39 is 0 Å². The third-order valence-electron chi connectivity index (χ3n) is 1.22. The minimum absolute atomic E-state index is 0.289. The monoisotopic (exact) mass is 150 g/mol. The molecule has 1 atom stereocenters. The highest BCUT2D eigenvalue weighted by molar-refractivity contribution is 8.15. The lowest BCUT2D eigenvalue weighted by Crippen LogP contribution is -2.25. The minimum Gasteiger partial charge on any atom is -0.287 e. The molecule has 1 aliphatic rings. The maximum absolute atomic E-state index is 10.5. The summed E-state index contributed by atoms with van der Waals surface area (Å²) in [5.41, 5.74) is 0. The molecular weight excluding hydrogens is 144 g/mol. The van der Waals surface area contributed by atoms with Crippen LogP contribution < -0.4 is 0 Å². The number of hydrogen-bond acceptors (Lipinski definition) is 2. The topological polar surface area (TPSA) is 17.1 Å². The summed E-state index contributed by atoms with van der Waals surface area (Å²) in [6, 6.07) is 0. The van der Waals surface area contributed by atoms with Crippen molar-refractivity contribution in [2.75, 3.05) is 11.6 Å². The molecule has 1 nitrogen and oxygen atoms in total. The van der Waals surface area contributed by atoms with Crippen LogP contribution in [-0.2, 0) is 4.79 Å². The molecule has 0 amide bonds. The Bertz CT molecular complexity index is 105. The van der Waals surface area contributed by atoms with Gasteiger partial charge >= 0.3 is 0 Å². The molecule has 0 aromatic heterocycles. The van der Waals surface area contributed by atoms with Gasteiger partial charge in [0.15, 0.2) is 5.12 Å². The number of alkyl halides is 1. The number of thioether (sulfide) groups is 1. The zero-order valence-corrected chi connectivity index (χ0v) is 5.97. The fraction of sp³-hybridized carbons (Fsp3) is 0.800. The molecule has 1 saturated heterocycles. The first-order valence-corrected chi connectivity index (χ1v) is 4.09. The Labute approximate surface area is 57.8 Å². The van der Waals surface area contributed by atoms with Crippen molar-refractivity contribution in [2.24, 2.45) is 5.92 Å². The summed E-state index contributed by atoms with van der Waals surface area (Å²) in [6.07, 6.45) is 0.868. The third kappa shape index (κ3) is 1.17. The van der Waals surface area contributed by atoms with Gasteiger partial charge in [-0.05, 0) is 6.42 Å². The van der Waals surface area contributed by atoms with Crippen LogP contribution >= 0.6 is 23.4 Å². The lowest BCUT2D eigenvalue weighted by atomic mass is 10.1. The molecular formula is C5H7ClOS. The fourth-order valence-electron chi connectivity index (χ4n) is 0.602. The standard InChI is InChI=1S/C5H7ClOS/c6-2-1-4-3-8-5(4)7/h4H,1-3H2. The van der Waals surface area contributed by atoms with Gasteiger partial charge < -0.3 is 0 Å². The van der Waals surface area contributed by atoms with E-state index >= 15 is 0 Å². The van der Waals surface area contributed by atoms with Gasteiger partial charge in [0.25, 0.3) is 0 Å². The van der Waals surface area contributed by atoms with Crippen molar-refractivity contribution in [3.8, 4) is 0 Å². The fourth-order valence-corrected chi connectivity index (χ4v) is 1.69. The molecule has 0 radical (unpaired) electrons. The molecule has 0 spiro atoms. The van der Waals surface area contributed by atoms with E-state index in [0.717, 1.165) is 12.2 Å². The van der Waals surface area contributed by atoms with Crippen molar-refractivity contribution in [1.82, 2.24) is 0 Å². The second-order valence-electron chi connectivity index (χ2n) is 1.80. The van der Waals surface area contributed by atoms with E-state index in [2.05, 4.69) is 0 Å². The number of carbonyl (C=O) groups is 1. The van der Waals surface area contributed by atoms with E-state index in [1.807, 2.05) is 0 Å². The summed E-state index contributed by atoms with van der Waals surface area (Å²) >= 11 is 6.82. The Kier molecular flexibility index (Phi) is 2.20. The van der Waals surface area contributed by atoms with Crippen molar-refractivity contribution >= 4 is 28.5 Å². The van der Waals surface area contributed by atoms with Gasteiger partial charge in [-0.2, -0.15) is 0 Å². The van der Waals surface area contributed by atoms with Gasteiger partial charge in [0.1, 0.15) is 0 Å². The van der Waals surface area contributed by atoms with E-state index in [1.54, 1.807) is 0 Å². The number of hydrogen-bond donors (Lipinski definition) is 0. The smallest absolute Gasteiger partial charge is 0.192 e. The Balaban J connectivity index is 2.17. The average molecular weight is 151 g/mol.